The van der Waals surface area contributed by atoms with Gasteiger partial charge < -0.3 is 9.84 Å². The van der Waals surface area contributed by atoms with Gasteiger partial charge in [0, 0.05) is 6.42 Å². The van der Waals surface area contributed by atoms with E-state index in [2.05, 4.69) is 4.74 Å². The Morgan fingerprint density at radius 3 is 2.38 bits per heavy atom. The lowest BCUT2D eigenvalue weighted by atomic mass is 10.3. The third-order valence-electron chi connectivity index (χ3n) is 1.19. The maximum atomic E-state index is 10.7. The Hall–Kier alpha value is -1.39. The van der Waals surface area contributed by atoms with E-state index in [0.717, 1.165) is 0 Å². The fourth-order valence-corrected chi connectivity index (χ4v) is 0.664. The van der Waals surface area contributed by atoms with Gasteiger partial charge in [-0.1, -0.05) is 0 Å². The predicted molar refractivity (Wildman–Crippen MR) is 43.1 cm³/mol. The molecule has 5 heteroatoms. The van der Waals surface area contributed by atoms with Crippen LogP contribution in [0.1, 0.15) is 26.2 Å². The fraction of sp³-hybridized carbons (Fsp3) is 0.625. The summed E-state index contributed by atoms with van der Waals surface area (Å²) in [4.78, 5) is 31.1. The minimum Gasteiger partial charge on any atom is -0.481 e. The smallest absolute Gasteiger partial charge is 0.313 e. The fourth-order valence-electron chi connectivity index (χ4n) is 0.664. The van der Waals surface area contributed by atoms with Crippen LogP contribution in [0.3, 0.4) is 0 Å². The zero-order valence-electron chi connectivity index (χ0n) is 7.41. The Labute approximate surface area is 75.7 Å². The van der Waals surface area contributed by atoms with Crippen molar-refractivity contribution < 1.29 is 24.2 Å². The standard InChI is InChI=1S/C8H12O5/c1-6(9)5-8(12)13-4-2-3-7(10)11/h2-5H2,1H3,(H,10,11). The van der Waals surface area contributed by atoms with Gasteiger partial charge in [0.15, 0.2) is 0 Å². The van der Waals surface area contributed by atoms with E-state index in [-0.39, 0.29) is 31.7 Å². The quantitative estimate of drug-likeness (QED) is 0.370. The minimum absolute atomic E-state index is 0.0344. The molecule has 0 atom stereocenters. The van der Waals surface area contributed by atoms with Crippen LogP contribution in [0.15, 0.2) is 0 Å². The molecular formula is C8H12O5. The Morgan fingerprint density at radius 1 is 1.31 bits per heavy atom. The van der Waals surface area contributed by atoms with Crippen LogP contribution in [-0.4, -0.2) is 29.4 Å². The van der Waals surface area contributed by atoms with Crippen molar-refractivity contribution in [1.29, 1.82) is 0 Å². The molecule has 0 rings (SSSR count). The molecule has 0 spiro atoms. The van der Waals surface area contributed by atoms with Gasteiger partial charge >= 0.3 is 11.9 Å². The van der Waals surface area contributed by atoms with E-state index in [1.54, 1.807) is 0 Å². The molecule has 0 aromatic heterocycles. The van der Waals surface area contributed by atoms with Crippen LogP contribution in [-0.2, 0) is 19.1 Å². The van der Waals surface area contributed by atoms with Crippen molar-refractivity contribution in [3.8, 4) is 0 Å². The van der Waals surface area contributed by atoms with Crippen LogP contribution in [0.4, 0.5) is 0 Å². The molecule has 0 saturated heterocycles. The summed E-state index contributed by atoms with van der Waals surface area (Å²) in [6, 6.07) is 0. The molecule has 0 aliphatic rings. The molecule has 1 N–H and O–H groups in total. The van der Waals surface area contributed by atoms with E-state index in [1.165, 1.54) is 6.92 Å². The van der Waals surface area contributed by atoms with Gasteiger partial charge in [0.1, 0.15) is 12.2 Å². The second-order valence-electron chi connectivity index (χ2n) is 2.60. The van der Waals surface area contributed by atoms with Crippen LogP contribution >= 0.6 is 0 Å². The molecule has 0 saturated carbocycles. The van der Waals surface area contributed by atoms with E-state index >= 15 is 0 Å². The number of rotatable bonds is 6. The number of ketones is 1. The number of ether oxygens (including phenoxy) is 1. The van der Waals surface area contributed by atoms with Crippen molar-refractivity contribution in [2.24, 2.45) is 0 Å². The first kappa shape index (κ1) is 11.6. The number of hydrogen-bond acceptors (Lipinski definition) is 4. The Balaban J connectivity index is 3.37. The number of carbonyl (C=O) groups is 3. The number of Topliss-reactive ketones (excluding diaryl/α,β-unsaturated/α-hetero) is 1. The molecule has 0 amide bonds. The molecule has 0 bridgehead atoms. The number of carboxylic acid groups (broad SMARTS) is 1. The molecule has 74 valence electrons. The Morgan fingerprint density at radius 2 is 1.92 bits per heavy atom. The summed E-state index contributed by atoms with van der Waals surface area (Å²) < 4.78 is 4.58. The third-order valence-corrected chi connectivity index (χ3v) is 1.19. The number of carboxylic acids is 1. The highest BCUT2D eigenvalue weighted by Crippen LogP contribution is 1.93. The first-order valence-corrected chi connectivity index (χ1v) is 3.89. The summed E-state index contributed by atoms with van der Waals surface area (Å²) in [5.74, 6) is -1.79. The van der Waals surface area contributed by atoms with Crippen LogP contribution in [0.2, 0.25) is 0 Å². The second-order valence-corrected chi connectivity index (χ2v) is 2.60. The highest BCUT2D eigenvalue weighted by atomic mass is 16.5. The highest BCUT2D eigenvalue weighted by molar-refractivity contribution is 5.94. The topological polar surface area (TPSA) is 80.7 Å². The van der Waals surface area contributed by atoms with Gasteiger partial charge in [-0.3, -0.25) is 14.4 Å². The van der Waals surface area contributed by atoms with Crippen LogP contribution < -0.4 is 0 Å². The molecule has 0 radical (unpaired) electrons. The van der Waals surface area contributed by atoms with Crippen LogP contribution in [0.5, 0.6) is 0 Å². The van der Waals surface area contributed by atoms with E-state index in [9.17, 15) is 14.4 Å². The molecule has 0 aromatic rings. The van der Waals surface area contributed by atoms with Crippen molar-refractivity contribution in [1.82, 2.24) is 0 Å². The lowest BCUT2D eigenvalue weighted by Crippen LogP contribution is -2.10. The molecule has 5 nitrogen and oxygen atoms in total. The summed E-state index contributed by atoms with van der Waals surface area (Å²) in [5, 5.41) is 8.23. The predicted octanol–water partition coefficient (Wildman–Crippen LogP) is 0.374. The summed E-state index contributed by atoms with van der Waals surface area (Å²) in [7, 11) is 0. The summed E-state index contributed by atoms with van der Waals surface area (Å²) in [5.41, 5.74) is 0. The van der Waals surface area contributed by atoms with Gasteiger partial charge in [-0.2, -0.15) is 0 Å². The first-order valence-electron chi connectivity index (χ1n) is 3.89. The molecular weight excluding hydrogens is 176 g/mol. The van der Waals surface area contributed by atoms with Gasteiger partial charge in [-0.25, -0.2) is 0 Å². The SMILES string of the molecule is CC(=O)CC(=O)OCCCC(=O)O. The number of aliphatic carboxylic acids is 1. The van der Waals surface area contributed by atoms with Gasteiger partial charge in [0.2, 0.25) is 0 Å². The molecule has 0 fully saturated rings. The molecule has 0 aliphatic carbocycles. The third kappa shape index (κ3) is 8.52. The van der Waals surface area contributed by atoms with Crippen molar-refractivity contribution in [3.05, 3.63) is 0 Å². The van der Waals surface area contributed by atoms with Crippen molar-refractivity contribution in [3.63, 3.8) is 0 Å². The summed E-state index contributed by atoms with van der Waals surface area (Å²) >= 11 is 0. The summed E-state index contributed by atoms with van der Waals surface area (Å²) in [6.45, 7) is 1.34. The van der Waals surface area contributed by atoms with E-state index in [1.807, 2.05) is 0 Å². The molecule has 0 heterocycles. The van der Waals surface area contributed by atoms with Crippen molar-refractivity contribution >= 4 is 17.7 Å². The van der Waals surface area contributed by atoms with Gasteiger partial charge in [0.05, 0.1) is 6.61 Å². The van der Waals surface area contributed by atoms with Crippen LogP contribution in [0, 0.1) is 0 Å². The van der Waals surface area contributed by atoms with Crippen molar-refractivity contribution in [2.45, 2.75) is 26.2 Å². The molecule has 0 aliphatic heterocycles. The van der Waals surface area contributed by atoms with Gasteiger partial charge in [-0.05, 0) is 13.3 Å². The molecule has 0 aromatic carbocycles. The summed E-state index contributed by atoms with van der Waals surface area (Å²) in [6.07, 6.45) is -0.000594. The van der Waals surface area contributed by atoms with E-state index in [4.69, 9.17) is 5.11 Å². The number of carbonyl (C=O) groups excluding carboxylic acids is 2. The average Bonchev–Trinajstić information content (AvgIpc) is 1.96. The lowest BCUT2D eigenvalue weighted by molar-refractivity contribution is -0.147. The Kier molecular flexibility index (Phi) is 5.50. The van der Waals surface area contributed by atoms with Gasteiger partial charge in [-0.15, -0.1) is 0 Å². The van der Waals surface area contributed by atoms with Gasteiger partial charge in [0.25, 0.3) is 0 Å². The normalized spacial score (nSPS) is 9.31. The lowest BCUT2D eigenvalue weighted by Gasteiger charge is -2.00. The molecule has 13 heavy (non-hydrogen) atoms. The molecule has 0 unspecified atom stereocenters. The zero-order chi connectivity index (χ0) is 10.3. The zero-order valence-corrected chi connectivity index (χ0v) is 7.41. The number of esters is 1. The maximum absolute atomic E-state index is 10.7. The largest absolute Gasteiger partial charge is 0.481 e. The maximum Gasteiger partial charge on any atom is 0.313 e. The Bertz CT molecular complexity index is 209. The monoisotopic (exact) mass is 188 g/mol. The van der Waals surface area contributed by atoms with Crippen molar-refractivity contribution in [2.75, 3.05) is 6.61 Å². The first-order chi connectivity index (χ1) is 6.02. The highest BCUT2D eigenvalue weighted by Gasteiger charge is 2.06. The minimum atomic E-state index is -0.928. The average molecular weight is 188 g/mol. The van der Waals surface area contributed by atoms with Crippen LogP contribution in [0.25, 0.3) is 0 Å². The number of hydrogen-bond donors (Lipinski definition) is 1. The van der Waals surface area contributed by atoms with E-state index in [0.29, 0.717) is 0 Å². The van der Waals surface area contributed by atoms with E-state index < -0.39 is 11.9 Å². The second kappa shape index (κ2) is 6.16.